The van der Waals surface area contributed by atoms with Crippen molar-refractivity contribution in [2.45, 2.75) is 12.5 Å². The molecule has 0 fully saturated rings. The van der Waals surface area contributed by atoms with E-state index in [1.165, 1.54) is 0 Å². The molecule has 2 atom stereocenters. The molecule has 4 N–H and O–H groups in total. The first-order chi connectivity index (χ1) is 8.58. The van der Waals surface area contributed by atoms with Gasteiger partial charge in [0.05, 0.1) is 0 Å². The number of rotatable bonds is 4. The summed E-state index contributed by atoms with van der Waals surface area (Å²) in [5, 5.41) is 0.964. The highest BCUT2D eigenvalue weighted by Crippen LogP contribution is 2.18. The van der Waals surface area contributed by atoms with Crippen LogP contribution in [-0.4, -0.2) is 25.8 Å². The average Bonchev–Trinajstić information content (AvgIpc) is 2.72. The molecule has 0 aliphatic carbocycles. The number of aromatic nitrogens is 1. The quantitative estimate of drug-likeness (QED) is 0.708. The van der Waals surface area contributed by atoms with Gasteiger partial charge in [-0.15, -0.1) is 0 Å². The standard InChI is InChI=1S/C11H12N2O4S/c12-9(11(14)17-18(15)16)5-7-6-13-10-4-2-1-3-8(7)10/h1-4,6,9,13H,5,12H2,(H,15,16)/t9-/m0/s1. The number of hydrogen-bond acceptors (Lipinski definition) is 4. The van der Waals surface area contributed by atoms with Crippen LogP contribution in [0.3, 0.4) is 0 Å². The third kappa shape index (κ3) is 2.76. The zero-order valence-corrected chi connectivity index (χ0v) is 10.1. The third-order valence-electron chi connectivity index (χ3n) is 2.57. The van der Waals surface area contributed by atoms with Crippen LogP contribution in [0.4, 0.5) is 0 Å². The highest BCUT2D eigenvalue weighted by molar-refractivity contribution is 7.74. The second-order valence-corrected chi connectivity index (χ2v) is 4.39. The smallest absolute Gasteiger partial charge is 0.360 e. The van der Waals surface area contributed by atoms with Gasteiger partial charge in [-0.25, -0.2) is 4.79 Å². The van der Waals surface area contributed by atoms with Gasteiger partial charge in [0.2, 0.25) is 0 Å². The normalized spacial score (nSPS) is 14.3. The van der Waals surface area contributed by atoms with E-state index < -0.39 is 23.4 Å². The maximum atomic E-state index is 11.3. The van der Waals surface area contributed by atoms with Crippen LogP contribution in [0.1, 0.15) is 5.56 Å². The van der Waals surface area contributed by atoms with Gasteiger partial charge in [0.25, 0.3) is 0 Å². The molecule has 0 aliphatic heterocycles. The summed E-state index contributed by atoms with van der Waals surface area (Å²) in [4.78, 5) is 14.4. The van der Waals surface area contributed by atoms with Crippen LogP contribution in [0, 0.1) is 0 Å². The Labute approximate surface area is 106 Å². The van der Waals surface area contributed by atoms with Gasteiger partial charge in [0.15, 0.2) is 0 Å². The molecule has 2 aromatic rings. The van der Waals surface area contributed by atoms with Gasteiger partial charge >= 0.3 is 17.3 Å². The van der Waals surface area contributed by atoms with E-state index in [4.69, 9.17) is 10.3 Å². The van der Waals surface area contributed by atoms with E-state index in [1.54, 1.807) is 6.20 Å². The molecule has 1 unspecified atom stereocenters. The van der Waals surface area contributed by atoms with E-state index in [0.717, 1.165) is 16.5 Å². The number of nitrogens with two attached hydrogens (primary N) is 1. The molecule has 2 rings (SSSR count). The molecule has 0 amide bonds. The SMILES string of the molecule is N[C@@H](Cc1c[nH]c2ccccc12)C(=O)OS(=O)O. The molecular formula is C11H12N2O4S. The number of H-pyrrole nitrogens is 1. The molecule has 1 heterocycles. The van der Waals surface area contributed by atoms with Crippen LogP contribution < -0.4 is 5.73 Å². The Kier molecular flexibility index (Phi) is 3.75. The van der Waals surface area contributed by atoms with Crippen molar-refractivity contribution in [3.63, 3.8) is 0 Å². The van der Waals surface area contributed by atoms with Crippen LogP contribution in [0.25, 0.3) is 10.9 Å². The number of aromatic amines is 1. The number of para-hydroxylation sites is 1. The first-order valence-corrected chi connectivity index (χ1v) is 6.24. The molecular weight excluding hydrogens is 256 g/mol. The fraction of sp³-hybridized carbons (Fsp3) is 0.182. The summed E-state index contributed by atoms with van der Waals surface area (Å²) in [6, 6.07) is 6.62. The van der Waals surface area contributed by atoms with E-state index in [-0.39, 0.29) is 6.42 Å². The number of benzene rings is 1. The lowest BCUT2D eigenvalue weighted by molar-refractivity contribution is -0.135. The van der Waals surface area contributed by atoms with Crippen LogP contribution >= 0.6 is 0 Å². The minimum atomic E-state index is -2.63. The fourth-order valence-corrected chi connectivity index (χ4v) is 2.02. The van der Waals surface area contributed by atoms with Gasteiger partial charge in [-0.1, -0.05) is 18.2 Å². The van der Waals surface area contributed by atoms with Gasteiger partial charge in [-0.3, -0.25) is 4.55 Å². The summed E-state index contributed by atoms with van der Waals surface area (Å²) < 4.78 is 22.9. The summed E-state index contributed by atoms with van der Waals surface area (Å²) in [5.41, 5.74) is 7.42. The van der Waals surface area contributed by atoms with Crippen LogP contribution in [0.15, 0.2) is 30.5 Å². The van der Waals surface area contributed by atoms with Crippen molar-refractivity contribution < 1.29 is 17.7 Å². The van der Waals surface area contributed by atoms with E-state index >= 15 is 0 Å². The Morgan fingerprint density at radius 2 is 2.22 bits per heavy atom. The second kappa shape index (κ2) is 5.30. The summed E-state index contributed by atoms with van der Waals surface area (Å²) in [6.45, 7) is 0. The summed E-state index contributed by atoms with van der Waals surface area (Å²) in [7, 11) is 0. The predicted octanol–water partition coefficient (Wildman–Crippen LogP) is 0.718. The zero-order valence-electron chi connectivity index (χ0n) is 9.33. The Hall–Kier alpha value is -1.70. The van der Waals surface area contributed by atoms with E-state index in [0.29, 0.717) is 0 Å². The molecule has 96 valence electrons. The van der Waals surface area contributed by atoms with Crippen molar-refractivity contribution in [1.29, 1.82) is 0 Å². The summed E-state index contributed by atoms with van der Waals surface area (Å²) >= 11 is -2.63. The fourth-order valence-electron chi connectivity index (χ4n) is 1.75. The highest BCUT2D eigenvalue weighted by atomic mass is 32.2. The third-order valence-corrected chi connectivity index (χ3v) is 2.88. The van der Waals surface area contributed by atoms with Crippen LogP contribution in [-0.2, 0) is 26.8 Å². The van der Waals surface area contributed by atoms with Crippen molar-refractivity contribution >= 4 is 28.2 Å². The lowest BCUT2D eigenvalue weighted by Crippen LogP contribution is -2.34. The van der Waals surface area contributed by atoms with Gasteiger partial charge in [-0.05, 0) is 11.6 Å². The van der Waals surface area contributed by atoms with Gasteiger partial charge < -0.3 is 14.9 Å². The molecule has 0 radical (unpaired) electrons. The summed E-state index contributed by atoms with van der Waals surface area (Å²) in [5.74, 6) is -0.902. The topological polar surface area (TPSA) is 105 Å². The Bertz CT molecular complexity index is 595. The van der Waals surface area contributed by atoms with E-state index in [1.807, 2.05) is 24.3 Å². The molecule has 0 saturated carbocycles. The molecule has 6 nitrogen and oxygen atoms in total. The van der Waals surface area contributed by atoms with Crippen molar-refractivity contribution in [3.05, 3.63) is 36.0 Å². The van der Waals surface area contributed by atoms with Gasteiger partial charge in [0, 0.05) is 23.5 Å². The Morgan fingerprint density at radius 1 is 1.50 bits per heavy atom. The molecule has 0 aliphatic rings. The average molecular weight is 268 g/mol. The summed E-state index contributed by atoms with van der Waals surface area (Å²) in [6.07, 6.45) is 1.99. The van der Waals surface area contributed by atoms with E-state index in [2.05, 4.69) is 9.17 Å². The molecule has 7 heteroatoms. The number of fused-ring (bicyclic) bond motifs is 1. The van der Waals surface area contributed by atoms with Crippen LogP contribution in [0.5, 0.6) is 0 Å². The number of nitrogens with one attached hydrogen (secondary N) is 1. The lowest BCUT2D eigenvalue weighted by atomic mass is 10.1. The van der Waals surface area contributed by atoms with Crippen molar-refractivity contribution in [2.24, 2.45) is 5.73 Å². The minimum Gasteiger partial charge on any atom is -0.361 e. The van der Waals surface area contributed by atoms with Gasteiger partial charge in [0.1, 0.15) is 6.04 Å². The van der Waals surface area contributed by atoms with Crippen LogP contribution in [0.2, 0.25) is 0 Å². The monoisotopic (exact) mass is 268 g/mol. The first-order valence-electron chi connectivity index (χ1n) is 5.21. The highest BCUT2D eigenvalue weighted by Gasteiger charge is 2.19. The molecule has 1 aromatic heterocycles. The number of carbonyl (C=O) groups is 1. The Balaban J connectivity index is 2.14. The molecule has 0 bridgehead atoms. The van der Waals surface area contributed by atoms with E-state index in [9.17, 15) is 9.00 Å². The second-order valence-electron chi connectivity index (χ2n) is 3.79. The van der Waals surface area contributed by atoms with Gasteiger partial charge in [-0.2, -0.15) is 4.21 Å². The largest absolute Gasteiger partial charge is 0.361 e. The molecule has 1 aromatic carbocycles. The number of carbonyl (C=O) groups excluding carboxylic acids is 1. The van der Waals surface area contributed by atoms with Crippen molar-refractivity contribution in [3.8, 4) is 0 Å². The molecule has 0 saturated heterocycles. The maximum absolute atomic E-state index is 11.3. The van der Waals surface area contributed by atoms with Crippen molar-refractivity contribution in [1.82, 2.24) is 4.98 Å². The van der Waals surface area contributed by atoms with Crippen molar-refractivity contribution in [2.75, 3.05) is 0 Å². The number of hydrogen-bond donors (Lipinski definition) is 3. The Morgan fingerprint density at radius 3 is 2.94 bits per heavy atom. The molecule has 18 heavy (non-hydrogen) atoms. The first kappa shape index (κ1) is 12.7. The minimum absolute atomic E-state index is 0.236. The lowest BCUT2D eigenvalue weighted by Gasteiger charge is -2.07. The predicted molar refractivity (Wildman–Crippen MR) is 66.8 cm³/mol. The maximum Gasteiger partial charge on any atom is 0.360 e. The zero-order chi connectivity index (χ0) is 13.1. The molecule has 0 spiro atoms.